The van der Waals surface area contributed by atoms with E-state index in [-0.39, 0.29) is 47.7 Å². The summed E-state index contributed by atoms with van der Waals surface area (Å²) in [6, 6.07) is 7.78. The highest BCUT2D eigenvalue weighted by molar-refractivity contribution is 6.11. The molecule has 0 radical (unpaired) electrons. The largest absolute Gasteiger partial charge is 0.493 e. The van der Waals surface area contributed by atoms with Crippen LogP contribution >= 0.6 is 0 Å². The van der Waals surface area contributed by atoms with Crippen molar-refractivity contribution in [2.45, 2.75) is 79.0 Å². The number of nitro benzene ring substituents is 1. The van der Waals surface area contributed by atoms with Gasteiger partial charge in [-0.2, -0.15) is 5.10 Å². The zero-order valence-electron chi connectivity index (χ0n) is 34.2. The van der Waals surface area contributed by atoms with Crippen LogP contribution in [0.2, 0.25) is 0 Å². The van der Waals surface area contributed by atoms with Crippen molar-refractivity contribution >= 4 is 45.5 Å². The van der Waals surface area contributed by atoms with Crippen molar-refractivity contribution in [2.24, 2.45) is 11.5 Å². The number of carbonyl (C=O) groups excluding carboxylic acids is 3. The Morgan fingerprint density at radius 3 is 2.32 bits per heavy atom. The van der Waals surface area contributed by atoms with E-state index in [1.54, 1.807) is 46.2 Å². The number of ether oxygens (including phenoxy) is 4. The van der Waals surface area contributed by atoms with Crippen molar-refractivity contribution in [3.63, 3.8) is 0 Å². The molecule has 3 heterocycles. The van der Waals surface area contributed by atoms with Crippen LogP contribution in [0.15, 0.2) is 48.7 Å². The predicted octanol–water partition coefficient (Wildman–Crippen LogP) is 5.78. The molecule has 18 nitrogen and oxygen atoms in total. The van der Waals surface area contributed by atoms with E-state index >= 15 is 0 Å². The summed E-state index contributed by atoms with van der Waals surface area (Å²) in [5, 5.41) is 20.8. The number of allylic oxidation sites excluding steroid dienone is 2. The van der Waals surface area contributed by atoms with Gasteiger partial charge in [-0.1, -0.05) is 12.2 Å². The summed E-state index contributed by atoms with van der Waals surface area (Å²) in [5.41, 5.74) is 13.6. The molecule has 0 spiro atoms. The first-order chi connectivity index (χ1) is 28.1. The second-order valence-corrected chi connectivity index (χ2v) is 14.7. The molecule has 5 rings (SSSR count). The molecule has 59 heavy (non-hydrogen) atoms. The highest BCUT2D eigenvalue weighted by atomic mass is 16.6. The lowest BCUT2D eigenvalue weighted by molar-refractivity contribution is -0.385. The zero-order chi connectivity index (χ0) is 42.9. The number of nitrogens with two attached hydrogens (primary N) is 2. The molecule has 314 valence electrons. The van der Waals surface area contributed by atoms with Gasteiger partial charge in [-0.25, -0.2) is 14.8 Å². The Morgan fingerprint density at radius 2 is 1.64 bits per heavy atom. The lowest BCUT2D eigenvalue weighted by Gasteiger charge is -2.19. The monoisotopic (exact) mass is 813 g/mol. The van der Waals surface area contributed by atoms with Gasteiger partial charge in [-0.15, -0.1) is 0 Å². The Hall–Kier alpha value is -6.56. The molecule has 0 bridgehead atoms. The zero-order valence-corrected chi connectivity index (χ0v) is 34.2. The average molecular weight is 814 g/mol. The molecule has 0 aliphatic rings. The van der Waals surface area contributed by atoms with Crippen LogP contribution in [0.25, 0.3) is 33.5 Å². The van der Waals surface area contributed by atoms with Gasteiger partial charge in [0.05, 0.1) is 34.9 Å². The van der Waals surface area contributed by atoms with Gasteiger partial charge in [0.15, 0.2) is 5.82 Å². The van der Waals surface area contributed by atoms with Crippen LogP contribution in [0.1, 0.15) is 78.9 Å². The number of methoxy groups -OCH3 is 1. The van der Waals surface area contributed by atoms with Crippen LogP contribution < -0.4 is 26.3 Å². The minimum absolute atomic E-state index is 0.0671. The van der Waals surface area contributed by atoms with E-state index in [9.17, 15) is 24.5 Å². The fourth-order valence-corrected chi connectivity index (χ4v) is 6.47. The first-order valence-corrected chi connectivity index (χ1v) is 19.3. The SMILES string of the molecule is CCn1nc(C)cc1-c1ncc2c3cc(C(N)=O)cc(OCCCOC)c3n(C/C=C/CCc3c(OCCCNC(=O)OC(C)(C)C)cc(C(N)=O)cc3[N+](=O)[O-])c2n1. The number of alkyl carbamates (subject to hydrolysis) is 1. The average Bonchev–Trinajstić information content (AvgIpc) is 3.72. The van der Waals surface area contributed by atoms with E-state index in [1.165, 1.54) is 6.07 Å². The summed E-state index contributed by atoms with van der Waals surface area (Å²) in [4.78, 5) is 58.0. The number of nitrogens with zero attached hydrogens (tertiary/aromatic N) is 6. The summed E-state index contributed by atoms with van der Waals surface area (Å²) in [7, 11) is 1.61. The van der Waals surface area contributed by atoms with E-state index in [2.05, 4.69) is 10.4 Å². The number of hydrogen-bond donors (Lipinski definition) is 3. The maximum atomic E-state index is 12.5. The second kappa shape index (κ2) is 19.3. The number of rotatable bonds is 20. The molecule has 0 saturated heterocycles. The number of carbonyl (C=O) groups is 3. The summed E-state index contributed by atoms with van der Waals surface area (Å²) in [6.45, 7) is 11.2. The smallest absolute Gasteiger partial charge is 0.407 e. The maximum absolute atomic E-state index is 12.5. The topological polar surface area (TPSA) is 244 Å². The fourth-order valence-electron chi connectivity index (χ4n) is 6.47. The van der Waals surface area contributed by atoms with E-state index in [1.807, 2.05) is 41.3 Å². The van der Waals surface area contributed by atoms with Crippen molar-refractivity contribution in [3.05, 3.63) is 81.2 Å². The Bertz CT molecular complexity index is 2380. The summed E-state index contributed by atoms with van der Waals surface area (Å²) >= 11 is 0. The summed E-state index contributed by atoms with van der Waals surface area (Å²) in [5.74, 6) is -0.414. The third-order valence-electron chi connectivity index (χ3n) is 9.05. The number of benzene rings is 2. The number of fused-ring (bicyclic) bond motifs is 3. The quantitative estimate of drug-likeness (QED) is 0.0367. The summed E-state index contributed by atoms with van der Waals surface area (Å²) in [6.07, 6.45) is 6.42. The first-order valence-electron chi connectivity index (χ1n) is 19.3. The molecular weight excluding hydrogens is 763 g/mol. The van der Waals surface area contributed by atoms with Crippen molar-refractivity contribution in [2.75, 3.05) is 33.5 Å². The van der Waals surface area contributed by atoms with Crippen LogP contribution in [0.5, 0.6) is 11.5 Å². The molecule has 18 heteroatoms. The lowest BCUT2D eigenvalue weighted by atomic mass is 10.0. The number of hydrogen-bond acceptors (Lipinski definition) is 12. The van der Waals surface area contributed by atoms with E-state index in [0.29, 0.717) is 79.1 Å². The van der Waals surface area contributed by atoms with Gasteiger partial charge >= 0.3 is 6.09 Å². The van der Waals surface area contributed by atoms with Crippen LogP contribution in [0, 0.1) is 17.0 Å². The standard InChI is InChI=1S/C41H51N9O9/c1-7-49-32(19-25(2)47-49)38-45-24-30-29-20-26(36(42)51)23-34(58-18-12-16-56-6)35(29)48(39(30)46-38)15-10-8-9-13-28-31(50(54)55)21-27(37(43)52)22-33(28)57-17-11-14-44-40(53)59-41(3,4)5/h8,10,19-24H,7,9,11-18H2,1-6H3,(H2,42,51)(H2,43,52)(H,44,53)/b10-8+. The van der Waals surface area contributed by atoms with Crippen molar-refractivity contribution in [3.8, 4) is 23.0 Å². The molecule has 0 aliphatic heterocycles. The summed E-state index contributed by atoms with van der Waals surface area (Å²) < 4.78 is 26.4. The van der Waals surface area contributed by atoms with Gasteiger partial charge in [0.1, 0.15) is 28.4 Å². The van der Waals surface area contributed by atoms with Crippen molar-refractivity contribution < 1.29 is 38.3 Å². The van der Waals surface area contributed by atoms with Crippen molar-refractivity contribution in [1.82, 2.24) is 29.6 Å². The maximum Gasteiger partial charge on any atom is 0.407 e. The van der Waals surface area contributed by atoms with E-state index in [4.69, 9.17) is 40.4 Å². The van der Waals surface area contributed by atoms with E-state index in [0.717, 1.165) is 17.5 Å². The van der Waals surface area contributed by atoms with Gasteiger partial charge in [0, 0.05) is 73.9 Å². The molecule has 0 saturated carbocycles. The molecule has 0 fully saturated rings. The minimum Gasteiger partial charge on any atom is -0.493 e. The van der Waals surface area contributed by atoms with Crippen LogP contribution in [0.3, 0.4) is 0 Å². The number of aryl methyl sites for hydroxylation is 2. The molecule has 3 aromatic heterocycles. The molecule has 0 unspecified atom stereocenters. The highest BCUT2D eigenvalue weighted by Gasteiger charge is 2.24. The number of nitrogens with one attached hydrogen (secondary N) is 1. The number of aromatic nitrogens is 5. The predicted molar refractivity (Wildman–Crippen MR) is 221 cm³/mol. The number of primary amides is 2. The van der Waals surface area contributed by atoms with Gasteiger partial charge in [-0.05, 0) is 78.1 Å². The third kappa shape index (κ3) is 10.9. The molecule has 5 N–H and O–H groups in total. The Kier molecular flexibility index (Phi) is 14.2. The molecule has 5 aromatic rings. The molecular formula is C41H51N9O9. The normalized spacial score (nSPS) is 11.7. The first kappa shape index (κ1) is 43.6. The molecule has 0 atom stereocenters. The van der Waals surface area contributed by atoms with Gasteiger partial charge in [0.2, 0.25) is 11.8 Å². The number of amides is 3. The number of nitro groups is 1. The molecule has 0 aliphatic carbocycles. The third-order valence-corrected chi connectivity index (χ3v) is 9.05. The van der Waals surface area contributed by atoms with E-state index < -0.39 is 28.4 Å². The van der Waals surface area contributed by atoms with Crippen LogP contribution in [-0.2, 0) is 29.0 Å². The lowest BCUT2D eigenvalue weighted by Crippen LogP contribution is -2.33. The highest BCUT2D eigenvalue weighted by Crippen LogP contribution is 2.37. The Balaban J connectivity index is 1.46. The Labute approximate surface area is 341 Å². The van der Waals surface area contributed by atoms with Crippen molar-refractivity contribution in [1.29, 1.82) is 0 Å². The minimum atomic E-state index is -0.839. The fraction of sp³-hybridized carbons (Fsp3) is 0.415. The molecule has 2 aromatic carbocycles. The van der Waals surface area contributed by atoms with Crippen LogP contribution in [0.4, 0.5) is 10.5 Å². The Morgan fingerprint density at radius 1 is 0.949 bits per heavy atom. The van der Waals surface area contributed by atoms with Crippen LogP contribution in [-0.4, -0.2) is 86.2 Å². The van der Waals surface area contributed by atoms with Gasteiger partial charge in [0.25, 0.3) is 5.69 Å². The van der Waals surface area contributed by atoms with Gasteiger partial charge < -0.3 is 40.3 Å². The second-order valence-electron chi connectivity index (χ2n) is 14.7. The van der Waals surface area contributed by atoms with Gasteiger partial charge in [-0.3, -0.25) is 24.4 Å². The molecule has 3 amide bonds.